The molecule has 1 saturated carbocycles. The minimum atomic E-state index is -0.377. The predicted octanol–water partition coefficient (Wildman–Crippen LogP) is 4.48. The maximum absolute atomic E-state index is 12.9. The Balaban J connectivity index is 1.30. The first-order chi connectivity index (χ1) is 15.2. The van der Waals surface area contributed by atoms with Crippen molar-refractivity contribution in [3.8, 4) is 11.1 Å². The van der Waals surface area contributed by atoms with Crippen LogP contribution in [0.2, 0.25) is 0 Å². The van der Waals surface area contributed by atoms with Gasteiger partial charge in [0, 0.05) is 30.6 Å². The molecule has 1 atom stereocenters. The SMILES string of the molecule is O=C(NC(C1CCOCC1)C1(CO)CCC1)OCC1c2ccccc2-c2ccccc21. The van der Waals surface area contributed by atoms with Crippen molar-refractivity contribution in [1.29, 1.82) is 0 Å². The molecule has 2 aliphatic carbocycles. The van der Waals surface area contributed by atoms with E-state index in [-0.39, 0.29) is 30.1 Å². The van der Waals surface area contributed by atoms with Crippen molar-refractivity contribution in [1.82, 2.24) is 5.32 Å². The Morgan fingerprint density at radius 3 is 2.23 bits per heavy atom. The van der Waals surface area contributed by atoms with Crippen LogP contribution in [0.25, 0.3) is 11.1 Å². The number of hydrogen-bond acceptors (Lipinski definition) is 4. The number of aliphatic hydroxyl groups excluding tert-OH is 1. The van der Waals surface area contributed by atoms with Crippen LogP contribution in [0.1, 0.15) is 49.1 Å². The molecular formula is C26H31NO4. The third kappa shape index (κ3) is 3.74. The number of rotatable bonds is 6. The van der Waals surface area contributed by atoms with E-state index in [1.807, 2.05) is 12.1 Å². The second kappa shape index (κ2) is 8.64. The third-order valence-electron chi connectivity index (χ3n) is 7.68. The average Bonchev–Trinajstić information content (AvgIpc) is 3.11. The van der Waals surface area contributed by atoms with Gasteiger partial charge in [0.1, 0.15) is 6.61 Å². The summed E-state index contributed by atoms with van der Waals surface area (Å²) in [6, 6.07) is 16.6. The second-order valence-electron chi connectivity index (χ2n) is 9.27. The Kier molecular flexibility index (Phi) is 5.72. The second-order valence-corrected chi connectivity index (χ2v) is 9.27. The number of amides is 1. The Labute approximate surface area is 183 Å². The van der Waals surface area contributed by atoms with Gasteiger partial charge in [0.25, 0.3) is 0 Å². The molecule has 5 rings (SSSR count). The lowest BCUT2D eigenvalue weighted by atomic mass is 9.60. The maximum atomic E-state index is 12.9. The number of benzene rings is 2. The number of aliphatic hydroxyl groups is 1. The summed E-state index contributed by atoms with van der Waals surface area (Å²) in [7, 11) is 0. The van der Waals surface area contributed by atoms with Gasteiger partial charge in [0.05, 0.1) is 6.61 Å². The minimum Gasteiger partial charge on any atom is -0.449 e. The minimum absolute atomic E-state index is 0.0511. The normalized spacial score (nSPS) is 20.9. The predicted molar refractivity (Wildman–Crippen MR) is 119 cm³/mol. The van der Waals surface area contributed by atoms with Crippen molar-refractivity contribution >= 4 is 6.09 Å². The summed E-state index contributed by atoms with van der Waals surface area (Å²) in [5.74, 6) is 0.372. The molecule has 31 heavy (non-hydrogen) atoms. The number of carbonyl (C=O) groups excluding carboxylic acids is 1. The summed E-state index contributed by atoms with van der Waals surface area (Å²) < 4.78 is 11.3. The van der Waals surface area contributed by atoms with Gasteiger partial charge < -0.3 is 19.9 Å². The van der Waals surface area contributed by atoms with E-state index in [4.69, 9.17) is 9.47 Å². The van der Waals surface area contributed by atoms with Crippen LogP contribution < -0.4 is 5.32 Å². The van der Waals surface area contributed by atoms with Crippen LogP contribution in [0.15, 0.2) is 48.5 Å². The van der Waals surface area contributed by atoms with Gasteiger partial charge in [-0.15, -0.1) is 0 Å². The zero-order chi connectivity index (χ0) is 21.3. The highest BCUT2D eigenvalue weighted by molar-refractivity contribution is 5.79. The first-order valence-electron chi connectivity index (χ1n) is 11.5. The highest BCUT2D eigenvalue weighted by Gasteiger charge is 2.48. The fraction of sp³-hybridized carbons (Fsp3) is 0.500. The molecule has 2 N–H and O–H groups in total. The highest BCUT2D eigenvalue weighted by atomic mass is 16.5. The molecule has 3 aliphatic rings. The molecule has 1 heterocycles. The summed E-state index contributed by atoms with van der Waals surface area (Å²) in [5.41, 5.74) is 4.65. The number of alkyl carbamates (subject to hydrolysis) is 1. The van der Waals surface area contributed by atoms with Crippen molar-refractivity contribution < 1.29 is 19.4 Å². The Hall–Kier alpha value is -2.37. The smallest absolute Gasteiger partial charge is 0.407 e. The maximum Gasteiger partial charge on any atom is 0.407 e. The average molecular weight is 422 g/mol. The highest BCUT2D eigenvalue weighted by Crippen LogP contribution is 2.47. The fourth-order valence-electron chi connectivity index (χ4n) is 5.79. The van der Waals surface area contributed by atoms with E-state index in [1.54, 1.807) is 0 Å². The fourth-order valence-corrected chi connectivity index (χ4v) is 5.79. The number of ether oxygens (including phenoxy) is 2. The van der Waals surface area contributed by atoms with Crippen LogP contribution >= 0.6 is 0 Å². The molecule has 1 amide bonds. The first kappa shape index (κ1) is 20.5. The molecule has 0 aromatic heterocycles. The summed E-state index contributed by atoms with van der Waals surface area (Å²) in [6.45, 7) is 1.86. The van der Waals surface area contributed by atoms with E-state index in [0.717, 1.165) is 45.3 Å². The Morgan fingerprint density at radius 2 is 1.68 bits per heavy atom. The van der Waals surface area contributed by atoms with E-state index < -0.39 is 0 Å². The van der Waals surface area contributed by atoms with Gasteiger partial charge in [-0.25, -0.2) is 4.79 Å². The van der Waals surface area contributed by atoms with Gasteiger partial charge in [-0.1, -0.05) is 55.0 Å². The van der Waals surface area contributed by atoms with Crippen LogP contribution in [0.3, 0.4) is 0 Å². The lowest BCUT2D eigenvalue weighted by Gasteiger charge is -2.50. The molecule has 0 spiro atoms. The standard InChI is InChI=1S/C26H31NO4/c28-17-26(12-5-13-26)24(18-10-14-30-15-11-18)27-25(29)31-16-23-21-8-3-1-6-19(21)20-7-2-4-9-22(20)23/h1-4,6-9,18,23-24,28H,5,10-17H2,(H,27,29). The third-order valence-corrected chi connectivity index (χ3v) is 7.68. The zero-order valence-corrected chi connectivity index (χ0v) is 17.9. The van der Waals surface area contributed by atoms with E-state index in [0.29, 0.717) is 12.5 Å². The number of nitrogens with one attached hydrogen (secondary N) is 1. The summed E-state index contributed by atoms with van der Waals surface area (Å²) in [5, 5.41) is 13.3. The molecule has 2 fully saturated rings. The number of carbonyl (C=O) groups is 1. The van der Waals surface area contributed by atoms with Gasteiger partial charge in [-0.3, -0.25) is 0 Å². The summed E-state index contributed by atoms with van der Waals surface area (Å²) in [6.07, 6.45) is 4.46. The van der Waals surface area contributed by atoms with Gasteiger partial charge in [-0.05, 0) is 53.9 Å². The number of fused-ring (bicyclic) bond motifs is 3. The van der Waals surface area contributed by atoms with E-state index in [9.17, 15) is 9.90 Å². The molecule has 5 nitrogen and oxygen atoms in total. The molecule has 1 unspecified atom stereocenters. The lowest BCUT2D eigenvalue weighted by molar-refractivity contribution is -0.0396. The van der Waals surface area contributed by atoms with Crippen LogP contribution in [0, 0.1) is 11.3 Å². The van der Waals surface area contributed by atoms with Gasteiger partial charge >= 0.3 is 6.09 Å². The van der Waals surface area contributed by atoms with Gasteiger partial charge in [0.15, 0.2) is 0 Å². The molecule has 1 saturated heterocycles. The Morgan fingerprint density at radius 1 is 1.06 bits per heavy atom. The first-order valence-corrected chi connectivity index (χ1v) is 11.5. The molecule has 0 radical (unpaired) electrons. The van der Waals surface area contributed by atoms with E-state index in [2.05, 4.69) is 41.7 Å². The van der Waals surface area contributed by atoms with Crippen molar-refractivity contribution in [2.75, 3.05) is 26.4 Å². The summed E-state index contributed by atoms with van der Waals surface area (Å²) in [4.78, 5) is 12.9. The molecule has 2 aromatic carbocycles. The van der Waals surface area contributed by atoms with Crippen LogP contribution in [-0.4, -0.2) is 43.7 Å². The van der Waals surface area contributed by atoms with Crippen LogP contribution in [0.4, 0.5) is 4.79 Å². The van der Waals surface area contributed by atoms with Crippen molar-refractivity contribution in [2.45, 2.75) is 44.1 Å². The van der Waals surface area contributed by atoms with Gasteiger partial charge in [0.2, 0.25) is 0 Å². The molecule has 2 aromatic rings. The zero-order valence-electron chi connectivity index (χ0n) is 17.9. The van der Waals surface area contributed by atoms with Crippen molar-refractivity contribution in [2.24, 2.45) is 11.3 Å². The van der Waals surface area contributed by atoms with Crippen molar-refractivity contribution in [3.05, 3.63) is 59.7 Å². The molecule has 5 heteroatoms. The molecule has 0 bridgehead atoms. The van der Waals surface area contributed by atoms with E-state index >= 15 is 0 Å². The van der Waals surface area contributed by atoms with Crippen LogP contribution in [-0.2, 0) is 9.47 Å². The summed E-state index contributed by atoms with van der Waals surface area (Å²) >= 11 is 0. The molecule has 1 aliphatic heterocycles. The monoisotopic (exact) mass is 421 g/mol. The largest absolute Gasteiger partial charge is 0.449 e. The number of hydrogen-bond donors (Lipinski definition) is 2. The molecular weight excluding hydrogens is 390 g/mol. The Bertz CT molecular complexity index is 881. The van der Waals surface area contributed by atoms with Crippen molar-refractivity contribution in [3.63, 3.8) is 0 Å². The van der Waals surface area contributed by atoms with Gasteiger partial charge in [-0.2, -0.15) is 0 Å². The quantitative estimate of drug-likeness (QED) is 0.722. The van der Waals surface area contributed by atoms with Crippen LogP contribution in [0.5, 0.6) is 0 Å². The molecule has 164 valence electrons. The topological polar surface area (TPSA) is 67.8 Å². The lowest BCUT2D eigenvalue weighted by Crippen LogP contribution is -2.57. The van der Waals surface area contributed by atoms with E-state index in [1.165, 1.54) is 22.3 Å².